The summed E-state index contributed by atoms with van der Waals surface area (Å²) in [6.45, 7) is 0. The number of sulfonamides is 1. The summed E-state index contributed by atoms with van der Waals surface area (Å²) in [5.41, 5.74) is 4.00. The van der Waals surface area contributed by atoms with Crippen molar-refractivity contribution in [3.63, 3.8) is 0 Å². The van der Waals surface area contributed by atoms with Gasteiger partial charge in [0, 0.05) is 8.95 Å². The summed E-state index contributed by atoms with van der Waals surface area (Å²) in [4.78, 5) is -0.0174. The third kappa shape index (κ3) is 4.34. The monoisotopic (exact) mass is 432 g/mol. The highest BCUT2D eigenvalue weighted by Crippen LogP contribution is 2.36. The molecule has 0 unspecified atom stereocenters. The van der Waals surface area contributed by atoms with Gasteiger partial charge in [-0.1, -0.05) is 23.4 Å². The summed E-state index contributed by atoms with van der Waals surface area (Å²) in [6.07, 6.45) is 0. The number of anilines is 1. The Labute approximate surface area is 138 Å². The van der Waals surface area contributed by atoms with Crippen molar-refractivity contribution in [3.05, 3.63) is 51.4 Å². The normalized spacial score (nSPS) is 11.8. The van der Waals surface area contributed by atoms with Crippen molar-refractivity contribution in [2.45, 2.75) is 4.90 Å². The molecule has 0 bridgehead atoms. The lowest BCUT2D eigenvalue weighted by molar-refractivity contribution is 0.597. The number of nitrogens with one attached hydrogen (secondary N) is 1. The average Bonchev–Trinajstić information content (AvgIpc) is 2.42. The van der Waals surface area contributed by atoms with E-state index in [0.29, 0.717) is 14.6 Å². The Kier molecular flexibility index (Phi) is 5.09. The highest BCUT2D eigenvalue weighted by Gasteiger charge is 2.14. The maximum absolute atomic E-state index is 11.3. The number of hydrogen-bond acceptors (Lipinski definition) is 4. The Bertz CT molecular complexity index is 756. The van der Waals surface area contributed by atoms with Crippen LogP contribution in [0.15, 0.2) is 66.6 Å². The lowest BCUT2D eigenvalue weighted by Gasteiger charge is -2.05. The third-order valence-electron chi connectivity index (χ3n) is 2.42. The molecule has 0 aromatic heterocycles. The van der Waals surface area contributed by atoms with Crippen LogP contribution in [0, 0.1) is 0 Å². The summed E-state index contributed by atoms with van der Waals surface area (Å²) in [7, 11) is -3.78. The fraction of sp³-hybridized carbons (Fsp3) is 0. The largest absolute Gasteiger partial charge is 0.260 e. The van der Waals surface area contributed by atoms with Gasteiger partial charge in [0.15, 0.2) is 0 Å². The SMILES string of the molecule is NS(=O)(=O)c1cc(Br)c(N=NNc2ccccc2)c(Br)c1. The van der Waals surface area contributed by atoms with Gasteiger partial charge in [0.1, 0.15) is 5.69 Å². The van der Waals surface area contributed by atoms with Crippen LogP contribution in [0.2, 0.25) is 0 Å². The number of benzene rings is 2. The minimum Gasteiger partial charge on any atom is -0.260 e. The molecule has 21 heavy (non-hydrogen) atoms. The molecular formula is C12H10Br2N4O2S. The maximum Gasteiger partial charge on any atom is 0.238 e. The highest BCUT2D eigenvalue weighted by atomic mass is 79.9. The van der Waals surface area contributed by atoms with E-state index in [1.807, 2.05) is 30.3 Å². The van der Waals surface area contributed by atoms with E-state index in [2.05, 4.69) is 47.6 Å². The second-order valence-corrected chi connectivity index (χ2v) is 7.23. The molecule has 6 nitrogen and oxygen atoms in total. The van der Waals surface area contributed by atoms with Gasteiger partial charge >= 0.3 is 0 Å². The molecule has 0 aliphatic carbocycles. The second kappa shape index (κ2) is 6.65. The van der Waals surface area contributed by atoms with Crippen LogP contribution in [0.3, 0.4) is 0 Å². The lowest BCUT2D eigenvalue weighted by Crippen LogP contribution is -2.12. The van der Waals surface area contributed by atoms with Gasteiger partial charge in [0.2, 0.25) is 10.0 Å². The molecule has 0 saturated carbocycles. The zero-order valence-electron chi connectivity index (χ0n) is 10.5. The first-order valence-corrected chi connectivity index (χ1v) is 8.75. The Balaban J connectivity index is 2.25. The number of nitrogens with two attached hydrogens (primary N) is 1. The van der Waals surface area contributed by atoms with Gasteiger partial charge in [-0.25, -0.2) is 13.6 Å². The van der Waals surface area contributed by atoms with Crippen LogP contribution in [-0.4, -0.2) is 8.42 Å². The third-order valence-corrected chi connectivity index (χ3v) is 4.52. The minimum atomic E-state index is -3.78. The van der Waals surface area contributed by atoms with E-state index in [1.54, 1.807) is 0 Å². The van der Waals surface area contributed by atoms with Crippen molar-refractivity contribution in [2.24, 2.45) is 15.5 Å². The van der Waals surface area contributed by atoms with Crippen LogP contribution in [0.5, 0.6) is 0 Å². The first kappa shape index (κ1) is 16.1. The number of halogens is 2. The minimum absolute atomic E-state index is 0.0174. The summed E-state index contributed by atoms with van der Waals surface area (Å²) < 4.78 is 23.6. The van der Waals surface area contributed by atoms with Gasteiger partial charge in [-0.3, -0.25) is 5.43 Å². The lowest BCUT2D eigenvalue weighted by atomic mass is 10.3. The van der Waals surface area contributed by atoms with Crippen LogP contribution in [0.25, 0.3) is 0 Å². The summed E-state index contributed by atoms with van der Waals surface area (Å²) in [5, 5.41) is 13.0. The standard InChI is InChI=1S/C12H10Br2N4O2S/c13-10-6-9(21(15,19)20)7-11(14)12(10)17-18-16-8-4-2-1-3-5-8/h1-7H,(H,16,17)(H2,15,19,20). The Morgan fingerprint density at radius 3 is 2.14 bits per heavy atom. The quantitative estimate of drug-likeness (QED) is 0.563. The van der Waals surface area contributed by atoms with Crippen LogP contribution < -0.4 is 10.6 Å². The average molecular weight is 434 g/mol. The molecule has 0 radical (unpaired) electrons. The van der Waals surface area contributed by atoms with E-state index in [9.17, 15) is 8.42 Å². The smallest absolute Gasteiger partial charge is 0.238 e. The van der Waals surface area contributed by atoms with E-state index in [4.69, 9.17) is 5.14 Å². The second-order valence-electron chi connectivity index (χ2n) is 3.96. The molecular weight excluding hydrogens is 424 g/mol. The maximum atomic E-state index is 11.3. The van der Waals surface area contributed by atoms with Crippen molar-refractivity contribution in [3.8, 4) is 0 Å². The Morgan fingerprint density at radius 2 is 1.62 bits per heavy atom. The summed E-state index contributed by atoms with van der Waals surface area (Å²) >= 11 is 6.49. The van der Waals surface area contributed by atoms with Crippen molar-refractivity contribution in [2.75, 3.05) is 5.43 Å². The van der Waals surface area contributed by atoms with E-state index in [-0.39, 0.29) is 4.90 Å². The van der Waals surface area contributed by atoms with Gasteiger partial charge in [-0.05, 0) is 56.1 Å². The van der Waals surface area contributed by atoms with Gasteiger partial charge < -0.3 is 0 Å². The molecule has 0 heterocycles. The number of nitrogens with zero attached hydrogens (tertiary/aromatic N) is 2. The number of para-hydroxylation sites is 1. The Morgan fingerprint density at radius 1 is 1.05 bits per heavy atom. The summed E-state index contributed by atoms with van der Waals surface area (Å²) in [6, 6.07) is 12.0. The zero-order valence-corrected chi connectivity index (χ0v) is 14.5. The fourth-order valence-corrected chi connectivity index (χ4v) is 3.66. The predicted octanol–water partition coefficient (Wildman–Crippen LogP) is 3.97. The zero-order chi connectivity index (χ0) is 15.5. The van der Waals surface area contributed by atoms with Crippen LogP contribution >= 0.6 is 31.9 Å². The molecule has 2 rings (SSSR count). The van der Waals surface area contributed by atoms with Crippen LogP contribution in [0.4, 0.5) is 11.4 Å². The molecule has 0 atom stereocenters. The molecule has 9 heteroatoms. The predicted molar refractivity (Wildman–Crippen MR) is 87.8 cm³/mol. The van der Waals surface area contributed by atoms with Crippen molar-refractivity contribution >= 4 is 53.3 Å². The van der Waals surface area contributed by atoms with Crippen LogP contribution in [-0.2, 0) is 10.0 Å². The molecule has 0 aliphatic heterocycles. The van der Waals surface area contributed by atoms with Gasteiger partial charge in [-0.15, -0.1) is 5.11 Å². The van der Waals surface area contributed by atoms with Gasteiger partial charge in [-0.2, -0.15) is 0 Å². The number of primary sulfonamides is 1. The van der Waals surface area contributed by atoms with E-state index < -0.39 is 10.0 Å². The van der Waals surface area contributed by atoms with Gasteiger partial charge in [0.25, 0.3) is 0 Å². The topological polar surface area (TPSA) is 96.9 Å². The molecule has 110 valence electrons. The van der Waals surface area contributed by atoms with Crippen molar-refractivity contribution < 1.29 is 8.42 Å². The van der Waals surface area contributed by atoms with E-state index >= 15 is 0 Å². The highest BCUT2D eigenvalue weighted by molar-refractivity contribution is 9.11. The Hall–Kier alpha value is -1.29. The molecule has 2 aromatic carbocycles. The van der Waals surface area contributed by atoms with Gasteiger partial charge in [0.05, 0.1) is 10.6 Å². The number of rotatable bonds is 4. The van der Waals surface area contributed by atoms with Crippen molar-refractivity contribution in [1.29, 1.82) is 0 Å². The van der Waals surface area contributed by atoms with E-state index in [1.165, 1.54) is 12.1 Å². The molecule has 0 amide bonds. The molecule has 3 N–H and O–H groups in total. The molecule has 0 fully saturated rings. The van der Waals surface area contributed by atoms with Crippen LogP contribution in [0.1, 0.15) is 0 Å². The molecule has 0 aliphatic rings. The van der Waals surface area contributed by atoms with E-state index in [0.717, 1.165) is 5.69 Å². The summed E-state index contributed by atoms with van der Waals surface area (Å²) in [5.74, 6) is 0. The fourth-order valence-electron chi connectivity index (χ4n) is 1.45. The van der Waals surface area contributed by atoms with Crippen molar-refractivity contribution in [1.82, 2.24) is 0 Å². The molecule has 0 spiro atoms. The first-order valence-electron chi connectivity index (χ1n) is 5.61. The molecule has 2 aromatic rings. The number of hydrogen-bond donors (Lipinski definition) is 2. The molecule has 0 saturated heterocycles. The first-order chi connectivity index (χ1) is 9.88.